The molecule has 1 fully saturated rings. The van der Waals surface area contributed by atoms with Gasteiger partial charge in [-0.25, -0.2) is 18.1 Å². The molecular formula is C18H26N4O3S. The first-order chi connectivity index (χ1) is 12.3. The fraction of sp³-hybridized carbons (Fsp3) is 0.556. The third-order valence-corrected chi connectivity index (χ3v) is 6.33. The summed E-state index contributed by atoms with van der Waals surface area (Å²) in [4.78, 5) is 21.4. The summed E-state index contributed by atoms with van der Waals surface area (Å²) in [7, 11) is -3.63. The van der Waals surface area contributed by atoms with E-state index in [-0.39, 0.29) is 16.8 Å². The molecule has 1 aliphatic rings. The number of sulfonamides is 1. The molecule has 1 atom stereocenters. The molecule has 8 heteroatoms. The highest BCUT2D eigenvalue weighted by atomic mass is 32.2. The molecule has 0 radical (unpaired) electrons. The summed E-state index contributed by atoms with van der Waals surface area (Å²) >= 11 is 0. The molecule has 142 valence electrons. The van der Waals surface area contributed by atoms with Crippen molar-refractivity contribution in [1.29, 1.82) is 0 Å². The molecule has 26 heavy (non-hydrogen) atoms. The fourth-order valence-electron chi connectivity index (χ4n) is 3.17. The van der Waals surface area contributed by atoms with E-state index in [9.17, 15) is 13.2 Å². The third-order valence-electron chi connectivity index (χ3n) is 4.81. The van der Waals surface area contributed by atoms with Crippen molar-refractivity contribution in [2.75, 3.05) is 13.1 Å². The van der Waals surface area contributed by atoms with Gasteiger partial charge in [0.25, 0.3) is 0 Å². The van der Waals surface area contributed by atoms with Crippen LogP contribution in [-0.2, 0) is 14.8 Å². The predicted molar refractivity (Wildman–Crippen MR) is 100 cm³/mol. The topological polar surface area (TPSA) is 95.2 Å². The van der Waals surface area contributed by atoms with Crippen molar-refractivity contribution < 1.29 is 13.2 Å². The van der Waals surface area contributed by atoms with Gasteiger partial charge in [-0.3, -0.25) is 4.79 Å². The van der Waals surface area contributed by atoms with E-state index in [0.717, 1.165) is 18.5 Å². The second-order valence-electron chi connectivity index (χ2n) is 7.29. The minimum Gasteiger partial charge on any atom is -0.345 e. The highest BCUT2D eigenvalue weighted by molar-refractivity contribution is 7.89. The summed E-state index contributed by atoms with van der Waals surface area (Å²) in [5.41, 5.74) is 1.41. The molecule has 0 aliphatic carbocycles. The standard InChI is InChI=1S/C18H26N4O3S/c1-13(2)7-9-22-10-8-14(3-6-18(22)23)21-26(24,25)15-4-5-16-17(11-15)20-12-19-16/h4-5,11-14,21H,3,6-10H2,1-2H3,(H,19,20). The number of likely N-dealkylation sites (tertiary alicyclic amines) is 1. The van der Waals surface area contributed by atoms with E-state index in [4.69, 9.17) is 0 Å². The van der Waals surface area contributed by atoms with E-state index in [0.29, 0.717) is 37.2 Å². The van der Waals surface area contributed by atoms with Gasteiger partial charge in [0.05, 0.1) is 22.3 Å². The molecule has 1 saturated heterocycles. The number of imidazole rings is 1. The Labute approximate surface area is 154 Å². The van der Waals surface area contributed by atoms with Gasteiger partial charge >= 0.3 is 0 Å². The lowest BCUT2D eigenvalue weighted by Gasteiger charge is -2.22. The molecule has 2 N–H and O–H groups in total. The highest BCUT2D eigenvalue weighted by Gasteiger charge is 2.26. The third kappa shape index (κ3) is 4.42. The quantitative estimate of drug-likeness (QED) is 0.806. The van der Waals surface area contributed by atoms with Crippen LogP contribution in [0.5, 0.6) is 0 Å². The number of H-pyrrole nitrogens is 1. The second kappa shape index (κ2) is 7.75. The van der Waals surface area contributed by atoms with Crippen LogP contribution in [0.25, 0.3) is 11.0 Å². The van der Waals surface area contributed by atoms with Crippen molar-refractivity contribution in [3.63, 3.8) is 0 Å². The van der Waals surface area contributed by atoms with Crippen molar-refractivity contribution in [2.24, 2.45) is 5.92 Å². The zero-order chi connectivity index (χ0) is 18.7. The molecule has 1 amide bonds. The van der Waals surface area contributed by atoms with Crippen LogP contribution in [0.3, 0.4) is 0 Å². The molecule has 2 aromatic rings. The summed E-state index contributed by atoms with van der Waals surface area (Å²) in [6.07, 6.45) is 4.05. The Hall–Kier alpha value is -1.93. The summed E-state index contributed by atoms with van der Waals surface area (Å²) in [5, 5.41) is 0. The van der Waals surface area contributed by atoms with E-state index in [2.05, 4.69) is 28.5 Å². The Morgan fingerprint density at radius 1 is 1.35 bits per heavy atom. The minimum atomic E-state index is -3.63. The summed E-state index contributed by atoms with van der Waals surface area (Å²) in [5.74, 6) is 0.656. The van der Waals surface area contributed by atoms with E-state index in [1.807, 2.05) is 4.90 Å². The minimum absolute atomic E-state index is 0.117. The van der Waals surface area contributed by atoms with Crippen molar-refractivity contribution in [3.05, 3.63) is 24.5 Å². The average Bonchev–Trinajstić information content (AvgIpc) is 2.99. The number of nitrogens with one attached hydrogen (secondary N) is 2. The molecule has 2 heterocycles. The van der Waals surface area contributed by atoms with Gasteiger partial charge in [-0.15, -0.1) is 0 Å². The van der Waals surface area contributed by atoms with Crippen LogP contribution in [0, 0.1) is 5.92 Å². The first-order valence-corrected chi connectivity index (χ1v) is 10.6. The Bertz CT molecular complexity index is 875. The lowest BCUT2D eigenvalue weighted by atomic mass is 10.1. The first-order valence-electron chi connectivity index (χ1n) is 9.08. The maximum Gasteiger partial charge on any atom is 0.240 e. The number of aromatic amines is 1. The van der Waals surface area contributed by atoms with Gasteiger partial charge in [-0.2, -0.15) is 0 Å². The molecule has 1 aromatic heterocycles. The smallest absolute Gasteiger partial charge is 0.240 e. The molecular weight excluding hydrogens is 352 g/mol. The van der Waals surface area contributed by atoms with Crippen molar-refractivity contribution >= 4 is 27.0 Å². The number of rotatable bonds is 6. The van der Waals surface area contributed by atoms with Crippen LogP contribution in [0.1, 0.15) is 39.5 Å². The van der Waals surface area contributed by atoms with Crippen molar-refractivity contribution in [1.82, 2.24) is 19.6 Å². The van der Waals surface area contributed by atoms with Gasteiger partial charge in [0, 0.05) is 25.6 Å². The summed E-state index contributed by atoms with van der Waals surface area (Å²) in [6.45, 7) is 5.61. The van der Waals surface area contributed by atoms with Gasteiger partial charge in [-0.05, 0) is 43.4 Å². The van der Waals surface area contributed by atoms with Crippen molar-refractivity contribution in [2.45, 2.75) is 50.5 Å². The molecule has 3 rings (SSSR count). The van der Waals surface area contributed by atoms with Gasteiger partial charge in [0.1, 0.15) is 0 Å². The number of aromatic nitrogens is 2. The van der Waals surface area contributed by atoms with E-state index >= 15 is 0 Å². The Morgan fingerprint density at radius 2 is 2.15 bits per heavy atom. The molecule has 7 nitrogen and oxygen atoms in total. The van der Waals surface area contributed by atoms with Crippen LogP contribution in [0.4, 0.5) is 0 Å². The van der Waals surface area contributed by atoms with Crippen LogP contribution < -0.4 is 4.72 Å². The number of carbonyl (C=O) groups excluding carboxylic acids is 1. The van der Waals surface area contributed by atoms with Crippen LogP contribution in [0.2, 0.25) is 0 Å². The summed E-state index contributed by atoms with van der Waals surface area (Å²) in [6, 6.07) is 4.60. The van der Waals surface area contributed by atoms with Gasteiger partial charge in [-0.1, -0.05) is 13.8 Å². The lowest BCUT2D eigenvalue weighted by Crippen LogP contribution is -2.36. The van der Waals surface area contributed by atoms with Gasteiger partial charge in [0.2, 0.25) is 15.9 Å². The highest BCUT2D eigenvalue weighted by Crippen LogP contribution is 2.19. The molecule has 1 aromatic carbocycles. The van der Waals surface area contributed by atoms with Crippen LogP contribution >= 0.6 is 0 Å². The molecule has 1 unspecified atom stereocenters. The Morgan fingerprint density at radius 3 is 2.92 bits per heavy atom. The normalized spacial score (nSPS) is 19.3. The predicted octanol–water partition coefficient (Wildman–Crippen LogP) is 2.27. The maximum atomic E-state index is 12.7. The largest absolute Gasteiger partial charge is 0.345 e. The summed E-state index contributed by atoms with van der Waals surface area (Å²) < 4.78 is 28.2. The van der Waals surface area contributed by atoms with E-state index in [1.165, 1.54) is 6.33 Å². The number of amides is 1. The monoisotopic (exact) mass is 378 g/mol. The average molecular weight is 378 g/mol. The lowest BCUT2D eigenvalue weighted by molar-refractivity contribution is -0.130. The molecule has 0 bridgehead atoms. The van der Waals surface area contributed by atoms with E-state index < -0.39 is 10.0 Å². The number of benzene rings is 1. The number of nitrogens with zero attached hydrogens (tertiary/aromatic N) is 2. The van der Waals surface area contributed by atoms with Crippen LogP contribution in [-0.4, -0.2) is 48.3 Å². The Kier molecular flexibility index (Phi) is 5.62. The van der Waals surface area contributed by atoms with Gasteiger partial charge in [0.15, 0.2) is 0 Å². The molecule has 0 spiro atoms. The molecule has 1 aliphatic heterocycles. The number of hydrogen-bond donors (Lipinski definition) is 2. The van der Waals surface area contributed by atoms with Gasteiger partial charge < -0.3 is 9.88 Å². The maximum absolute atomic E-state index is 12.7. The number of carbonyl (C=O) groups is 1. The number of fused-ring (bicyclic) bond motifs is 1. The number of hydrogen-bond acceptors (Lipinski definition) is 4. The van der Waals surface area contributed by atoms with E-state index in [1.54, 1.807) is 18.2 Å². The SMILES string of the molecule is CC(C)CCN1CCC(NS(=O)(=O)c2ccc3nc[nH]c3c2)CCC1=O. The zero-order valence-electron chi connectivity index (χ0n) is 15.2. The second-order valence-corrected chi connectivity index (χ2v) is 9.00. The van der Waals surface area contributed by atoms with Crippen LogP contribution in [0.15, 0.2) is 29.4 Å². The zero-order valence-corrected chi connectivity index (χ0v) is 16.1. The molecule has 0 saturated carbocycles. The fourth-order valence-corrected chi connectivity index (χ4v) is 4.51. The Balaban J connectivity index is 1.66. The van der Waals surface area contributed by atoms with Crippen molar-refractivity contribution in [3.8, 4) is 0 Å². The first kappa shape index (κ1) is 18.8.